The molecule has 0 radical (unpaired) electrons. The number of allylic oxidation sites excluding steroid dienone is 5. The molecule has 0 aromatic heterocycles. The quantitative estimate of drug-likeness (QED) is 0.271. The van der Waals surface area contributed by atoms with Gasteiger partial charge in [-0.15, -0.1) is 0 Å². The summed E-state index contributed by atoms with van der Waals surface area (Å²) in [7, 11) is 2.68. The van der Waals surface area contributed by atoms with Crippen molar-refractivity contribution in [1.82, 2.24) is 0 Å². The molecule has 1 aliphatic rings. The molecule has 4 heteroatoms. The van der Waals surface area contributed by atoms with E-state index >= 15 is 0 Å². The van der Waals surface area contributed by atoms with Crippen molar-refractivity contribution >= 4 is 18.0 Å². The fourth-order valence-corrected chi connectivity index (χ4v) is 4.48. The van der Waals surface area contributed by atoms with E-state index in [1.165, 1.54) is 25.4 Å². The molecule has 0 amide bonds. The topological polar surface area (TPSA) is 52.6 Å². The van der Waals surface area contributed by atoms with Gasteiger partial charge in [0.25, 0.3) is 0 Å². The molecule has 1 aromatic rings. The number of methoxy groups -OCH3 is 2. The smallest absolute Gasteiger partial charge is 0.323 e. The summed E-state index contributed by atoms with van der Waals surface area (Å²) >= 11 is 0. The Morgan fingerprint density at radius 2 is 1.77 bits per heavy atom. The Hall–Kier alpha value is -2.62. The van der Waals surface area contributed by atoms with Crippen molar-refractivity contribution < 1.29 is 19.1 Å². The molecule has 0 spiro atoms. The molecule has 0 unspecified atom stereocenters. The average molecular weight is 425 g/mol. The third kappa shape index (κ3) is 6.43. The van der Waals surface area contributed by atoms with Gasteiger partial charge in [-0.2, -0.15) is 0 Å². The lowest BCUT2D eigenvalue weighted by Crippen LogP contribution is -2.46. The first-order valence-electron chi connectivity index (χ1n) is 11.2. The van der Waals surface area contributed by atoms with Crippen LogP contribution in [0.2, 0.25) is 0 Å². The number of ether oxygens (including phenoxy) is 2. The third-order valence-electron chi connectivity index (χ3n) is 6.35. The van der Waals surface area contributed by atoms with Crippen LogP contribution in [0.15, 0.2) is 60.2 Å². The van der Waals surface area contributed by atoms with E-state index in [1.54, 1.807) is 0 Å². The van der Waals surface area contributed by atoms with Crippen LogP contribution in [-0.4, -0.2) is 26.2 Å². The Kier molecular flexibility index (Phi) is 9.77. The van der Waals surface area contributed by atoms with Gasteiger partial charge < -0.3 is 9.47 Å². The zero-order valence-electron chi connectivity index (χ0n) is 19.3. The van der Waals surface area contributed by atoms with Gasteiger partial charge in [0.1, 0.15) is 0 Å². The normalized spacial score (nSPS) is 21.4. The van der Waals surface area contributed by atoms with Crippen molar-refractivity contribution in [2.24, 2.45) is 17.3 Å². The SMILES string of the molecule is C/C=C\C[C@H]1CCC(C(=O)OC)(C(=O)OC)C[C@@H]1/C=C/C/C(=C/c1ccccc1)CC. The van der Waals surface area contributed by atoms with Gasteiger partial charge in [-0.05, 0) is 62.8 Å². The maximum atomic E-state index is 12.6. The minimum atomic E-state index is -1.21. The summed E-state index contributed by atoms with van der Waals surface area (Å²) in [5.41, 5.74) is 1.33. The lowest BCUT2D eigenvalue weighted by atomic mass is 9.64. The number of carbonyl (C=O) groups is 2. The highest BCUT2D eigenvalue weighted by Gasteiger charge is 2.52. The molecule has 1 fully saturated rings. The Morgan fingerprint density at radius 3 is 2.35 bits per heavy atom. The molecule has 0 bridgehead atoms. The van der Waals surface area contributed by atoms with Gasteiger partial charge in [-0.25, -0.2) is 0 Å². The largest absolute Gasteiger partial charge is 0.468 e. The number of hydrogen-bond acceptors (Lipinski definition) is 4. The zero-order chi connectivity index (χ0) is 22.7. The standard InChI is InChI=1S/C27H36O4/c1-5-7-15-23-17-18-27(25(28)30-3,26(29)31-4)20-24(23)16-11-14-21(6-2)19-22-12-9-8-10-13-22/h5,7-13,16,19,23-24H,6,14-15,17-18,20H2,1-4H3/b7-5-,16-11+,21-19+/t23-,24-/m0/s1. The van der Waals surface area contributed by atoms with Crippen LogP contribution >= 0.6 is 0 Å². The van der Waals surface area contributed by atoms with Gasteiger partial charge in [0.15, 0.2) is 5.41 Å². The van der Waals surface area contributed by atoms with Gasteiger partial charge in [-0.1, -0.05) is 73.2 Å². The van der Waals surface area contributed by atoms with E-state index in [4.69, 9.17) is 9.47 Å². The van der Waals surface area contributed by atoms with Gasteiger partial charge in [0.2, 0.25) is 0 Å². The third-order valence-corrected chi connectivity index (χ3v) is 6.35. The Bertz CT molecular complexity index is 788. The van der Waals surface area contributed by atoms with Gasteiger partial charge in [-0.3, -0.25) is 9.59 Å². The summed E-state index contributed by atoms with van der Waals surface area (Å²) in [5, 5.41) is 0. The number of benzene rings is 1. The fourth-order valence-electron chi connectivity index (χ4n) is 4.48. The fraction of sp³-hybridized carbons (Fsp3) is 0.481. The molecule has 168 valence electrons. The summed E-state index contributed by atoms with van der Waals surface area (Å²) in [6.07, 6.45) is 15.3. The number of carbonyl (C=O) groups excluding carboxylic acids is 2. The molecule has 31 heavy (non-hydrogen) atoms. The first-order valence-corrected chi connectivity index (χ1v) is 11.2. The summed E-state index contributed by atoms with van der Waals surface area (Å²) in [4.78, 5) is 25.2. The average Bonchev–Trinajstić information content (AvgIpc) is 2.81. The van der Waals surface area contributed by atoms with Crippen molar-refractivity contribution in [3.05, 3.63) is 65.8 Å². The lowest BCUT2D eigenvalue weighted by Gasteiger charge is -2.39. The predicted molar refractivity (Wildman–Crippen MR) is 125 cm³/mol. The summed E-state index contributed by atoms with van der Waals surface area (Å²) < 4.78 is 10.0. The highest BCUT2D eigenvalue weighted by molar-refractivity contribution is 6.00. The molecule has 1 saturated carbocycles. The second-order valence-corrected chi connectivity index (χ2v) is 8.24. The van der Waals surface area contributed by atoms with E-state index < -0.39 is 17.4 Å². The maximum absolute atomic E-state index is 12.6. The molecule has 4 nitrogen and oxygen atoms in total. The van der Waals surface area contributed by atoms with Gasteiger partial charge in [0.05, 0.1) is 14.2 Å². The van der Waals surface area contributed by atoms with Crippen LogP contribution in [0.3, 0.4) is 0 Å². The summed E-state index contributed by atoms with van der Waals surface area (Å²) in [6, 6.07) is 10.3. The molecule has 0 aliphatic heterocycles. The molecule has 1 aromatic carbocycles. The van der Waals surface area contributed by atoms with Crippen LogP contribution in [0.1, 0.15) is 57.9 Å². The van der Waals surface area contributed by atoms with Crippen molar-refractivity contribution in [2.45, 2.75) is 52.4 Å². The van der Waals surface area contributed by atoms with Crippen LogP contribution < -0.4 is 0 Å². The molecule has 2 atom stereocenters. The number of rotatable bonds is 9. The highest BCUT2D eigenvalue weighted by Crippen LogP contribution is 2.46. The number of hydrogen-bond donors (Lipinski definition) is 0. The predicted octanol–water partition coefficient (Wildman–Crippen LogP) is 6.14. The Balaban J connectivity index is 2.23. The van der Waals surface area contributed by atoms with E-state index in [2.05, 4.69) is 49.4 Å². The van der Waals surface area contributed by atoms with Gasteiger partial charge in [0, 0.05) is 0 Å². The first-order chi connectivity index (χ1) is 15.0. The molecule has 0 saturated heterocycles. The van der Waals surface area contributed by atoms with Crippen molar-refractivity contribution in [1.29, 1.82) is 0 Å². The second kappa shape index (κ2) is 12.3. The van der Waals surface area contributed by atoms with Crippen LogP contribution in [0, 0.1) is 17.3 Å². The molecule has 1 aliphatic carbocycles. The van der Waals surface area contributed by atoms with Crippen LogP contribution in [-0.2, 0) is 19.1 Å². The maximum Gasteiger partial charge on any atom is 0.323 e. The van der Waals surface area contributed by atoms with E-state index in [-0.39, 0.29) is 5.92 Å². The number of esters is 2. The van der Waals surface area contributed by atoms with Crippen molar-refractivity contribution in [2.75, 3.05) is 14.2 Å². The van der Waals surface area contributed by atoms with Crippen LogP contribution in [0.5, 0.6) is 0 Å². The lowest BCUT2D eigenvalue weighted by molar-refractivity contribution is -0.173. The molecular formula is C27H36O4. The van der Waals surface area contributed by atoms with Gasteiger partial charge >= 0.3 is 11.9 Å². The molecule has 2 rings (SSSR count). The van der Waals surface area contributed by atoms with Crippen LogP contribution in [0.4, 0.5) is 0 Å². The van der Waals surface area contributed by atoms with Crippen molar-refractivity contribution in [3.63, 3.8) is 0 Å². The Labute approximate surface area is 187 Å². The molecular weight excluding hydrogens is 388 g/mol. The van der Waals surface area contributed by atoms with Crippen molar-refractivity contribution in [3.8, 4) is 0 Å². The minimum Gasteiger partial charge on any atom is -0.468 e. The Morgan fingerprint density at radius 1 is 1.10 bits per heavy atom. The summed E-state index contributed by atoms with van der Waals surface area (Å²) in [5.74, 6) is -0.475. The van der Waals surface area contributed by atoms with Crippen LogP contribution in [0.25, 0.3) is 6.08 Å². The zero-order valence-corrected chi connectivity index (χ0v) is 19.3. The van der Waals surface area contributed by atoms with E-state index in [9.17, 15) is 9.59 Å². The molecule has 0 heterocycles. The first kappa shape index (κ1) is 24.6. The molecule has 0 N–H and O–H groups in total. The van der Waals surface area contributed by atoms with E-state index in [0.717, 1.165) is 25.7 Å². The van der Waals surface area contributed by atoms with E-state index in [0.29, 0.717) is 18.8 Å². The highest BCUT2D eigenvalue weighted by atomic mass is 16.5. The summed E-state index contributed by atoms with van der Waals surface area (Å²) in [6.45, 7) is 4.18. The second-order valence-electron chi connectivity index (χ2n) is 8.24. The minimum absolute atomic E-state index is 0.109. The monoisotopic (exact) mass is 424 g/mol. The van der Waals surface area contributed by atoms with E-state index in [1.807, 2.05) is 25.1 Å².